The smallest absolute Gasteiger partial charge is 0.387 e. The average molecular weight is 273 g/mol. The van der Waals surface area contributed by atoms with Crippen molar-refractivity contribution in [2.45, 2.75) is 6.61 Å². The molecule has 0 radical (unpaired) electrons. The molecule has 0 aliphatic heterocycles. The highest BCUT2D eigenvalue weighted by Gasteiger charge is 2.20. The molecule has 0 spiro atoms. The summed E-state index contributed by atoms with van der Waals surface area (Å²) in [5.41, 5.74) is 0. The van der Waals surface area contributed by atoms with Crippen LogP contribution in [0.1, 0.15) is 9.67 Å². The molecule has 0 amide bonds. The van der Waals surface area contributed by atoms with Gasteiger partial charge in [-0.1, -0.05) is 0 Å². The number of hydrogen-bond donors (Lipinski definition) is 1. The lowest BCUT2D eigenvalue weighted by atomic mass is 10.4. The van der Waals surface area contributed by atoms with Gasteiger partial charge >= 0.3 is 12.6 Å². The van der Waals surface area contributed by atoms with E-state index in [4.69, 9.17) is 5.11 Å². The van der Waals surface area contributed by atoms with Crippen molar-refractivity contribution >= 4 is 33.2 Å². The standard InChI is InChI=1S/C6H3BrF2O3S/c7-2-1-13-4(5(10)11)3(2)12-6(8)9/h1,6H,(H,10,11). The Bertz CT molecular complexity index is 326. The van der Waals surface area contributed by atoms with E-state index in [1.54, 1.807) is 0 Å². The van der Waals surface area contributed by atoms with Gasteiger partial charge in [0.2, 0.25) is 0 Å². The summed E-state index contributed by atoms with van der Waals surface area (Å²) in [5.74, 6) is -1.61. The number of alkyl halides is 2. The van der Waals surface area contributed by atoms with Crippen LogP contribution >= 0.6 is 27.3 Å². The lowest BCUT2D eigenvalue weighted by molar-refractivity contribution is -0.0504. The third-order valence-electron chi connectivity index (χ3n) is 1.10. The fraction of sp³-hybridized carbons (Fsp3) is 0.167. The van der Waals surface area contributed by atoms with Crippen molar-refractivity contribution in [2.75, 3.05) is 0 Å². The maximum atomic E-state index is 11.8. The number of thiophene rings is 1. The number of ether oxygens (including phenoxy) is 1. The van der Waals surface area contributed by atoms with Crippen LogP contribution in [0.5, 0.6) is 5.75 Å². The van der Waals surface area contributed by atoms with Gasteiger partial charge in [-0.2, -0.15) is 8.78 Å². The van der Waals surface area contributed by atoms with Crippen LogP contribution in [0.25, 0.3) is 0 Å². The molecule has 0 fully saturated rings. The van der Waals surface area contributed by atoms with Gasteiger partial charge in [-0.05, 0) is 15.9 Å². The Hall–Kier alpha value is -0.690. The second-order valence-electron chi connectivity index (χ2n) is 1.93. The van der Waals surface area contributed by atoms with E-state index < -0.39 is 12.6 Å². The number of carboxylic acids is 1. The van der Waals surface area contributed by atoms with E-state index in [1.165, 1.54) is 5.38 Å². The summed E-state index contributed by atoms with van der Waals surface area (Å²) in [7, 11) is 0. The van der Waals surface area contributed by atoms with E-state index in [2.05, 4.69) is 20.7 Å². The highest BCUT2D eigenvalue weighted by atomic mass is 79.9. The molecule has 0 saturated carbocycles. The molecule has 3 nitrogen and oxygen atoms in total. The molecule has 0 aromatic carbocycles. The Balaban J connectivity index is 3.01. The van der Waals surface area contributed by atoms with Gasteiger partial charge in [0.25, 0.3) is 0 Å². The van der Waals surface area contributed by atoms with Crippen molar-refractivity contribution < 1.29 is 23.4 Å². The zero-order valence-electron chi connectivity index (χ0n) is 5.96. The first-order valence-electron chi connectivity index (χ1n) is 2.97. The summed E-state index contributed by atoms with van der Waals surface area (Å²) in [6.07, 6.45) is 0. The van der Waals surface area contributed by atoms with E-state index in [9.17, 15) is 13.6 Å². The summed E-state index contributed by atoms with van der Waals surface area (Å²) in [6.45, 7) is -3.02. The second kappa shape index (κ2) is 4.01. The van der Waals surface area contributed by atoms with Gasteiger partial charge in [0.05, 0.1) is 4.47 Å². The first-order valence-corrected chi connectivity index (χ1v) is 4.64. The number of rotatable bonds is 3. The predicted molar refractivity (Wildman–Crippen MR) is 45.6 cm³/mol. The van der Waals surface area contributed by atoms with Gasteiger partial charge in [0.15, 0.2) is 10.6 Å². The summed E-state index contributed by atoms with van der Waals surface area (Å²) < 4.78 is 27.8. The second-order valence-corrected chi connectivity index (χ2v) is 3.66. The summed E-state index contributed by atoms with van der Waals surface area (Å²) in [5, 5.41) is 9.93. The first kappa shape index (κ1) is 10.4. The molecule has 0 saturated heterocycles. The Morgan fingerprint density at radius 3 is 2.77 bits per heavy atom. The fourth-order valence-corrected chi connectivity index (χ4v) is 2.07. The molecular weight excluding hydrogens is 270 g/mol. The zero-order chi connectivity index (χ0) is 10.0. The third kappa shape index (κ3) is 2.38. The highest BCUT2D eigenvalue weighted by Crippen LogP contribution is 2.35. The molecule has 0 aliphatic rings. The van der Waals surface area contributed by atoms with Crippen molar-refractivity contribution in [1.82, 2.24) is 0 Å². The topological polar surface area (TPSA) is 46.5 Å². The molecule has 0 bridgehead atoms. The van der Waals surface area contributed by atoms with Crippen molar-refractivity contribution in [3.63, 3.8) is 0 Å². The molecular formula is C6H3BrF2O3S. The molecule has 0 atom stereocenters. The fourth-order valence-electron chi connectivity index (χ4n) is 0.673. The van der Waals surface area contributed by atoms with E-state index in [0.29, 0.717) is 0 Å². The average Bonchev–Trinajstić information content (AvgIpc) is 2.32. The van der Waals surface area contributed by atoms with E-state index in [-0.39, 0.29) is 15.1 Å². The quantitative estimate of drug-likeness (QED) is 0.921. The SMILES string of the molecule is O=C(O)c1scc(Br)c1OC(F)F. The number of aromatic carboxylic acids is 1. The molecule has 0 aliphatic carbocycles. The van der Waals surface area contributed by atoms with Gasteiger partial charge in [-0.15, -0.1) is 11.3 Å². The number of carboxylic acid groups (broad SMARTS) is 1. The Kier molecular flexibility index (Phi) is 3.21. The summed E-state index contributed by atoms with van der Waals surface area (Å²) in [4.78, 5) is 10.2. The van der Waals surface area contributed by atoms with Crippen LogP contribution in [0, 0.1) is 0 Å². The van der Waals surface area contributed by atoms with Crippen molar-refractivity contribution in [3.8, 4) is 5.75 Å². The third-order valence-corrected chi connectivity index (χ3v) is 2.95. The van der Waals surface area contributed by atoms with Crippen LogP contribution in [-0.4, -0.2) is 17.7 Å². The molecule has 1 aromatic rings. The Labute approximate surface area is 84.1 Å². The van der Waals surface area contributed by atoms with Gasteiger partial charge < -0.3 is 9.84 Å². The molecule has 72 valence electrons. The maximum absolute atomic E-state index is 11.8. The monoisotopic (exact) mass is 272 g/mol. The molecule has 13 heavy (non-hydrogen) atoms. The normalized spacial score (nSPS) is 10.5. The minimum atomic E-state index is -3.02. The van der Waals surface area contributed by atoms with E-state index in [1.807, 2.05) is 0 Å². The minimum absolute atomic E-state index is 0.218. The lowest BCUT2D eigenvalue weighted by Gasteiger charge is -2.03. The molecule has 1 rings (SSSR count). The Morgan fingerprint density at radius 1 is 1.69 bits per heavy atom. The van der Waals surface area contributed by atoms with Crippen LogP contribution in [0.15, 0.2) is 9.85 Å². The van der Waals surface area contributed by atoms with E-state index in [0.717, 1.165) is 11.3 Å². The number of halogens is 3. The lowest BCUT2D eigenvalue weighted by Crippen LogP contribution is -2.05. The molecule has 1 heterocycles. The first-order chi connectivity index (χ1) is 6.02. The molecule has 1 N–H and O–H groups in total. The maximum Gasteiger partial charge on any atom is 0.387 e. The molecule has 1 aromatic heterocycles. The van der Waals surface area contributed by atoms with Gasteiger partial charge in [0.1, 0.15) is 0 Å². The number of hydrogen-bond acceptors (Lipinski definition) is 3. The van der Waals surface area contributed by atoms with Crippen molar-refractivity contribution in [1.29, 1.82) is 0 Å². The van der Waals surface area contributed by atoms with Crippen LogP contribution in [0.2, 0.25) is 0 Å². The summed E-state index contributed by atoms with van der Waals surface area (Å²) >= 11 is 3.72. The largest absolute Gasteiger partial charge is 0.477 e. The van der Waals surface area contributed by atoms with Crippen LogP contribution < -0.4 is 4.74 Å². The van der Waals surface area contributed by atoms with Crippen molar-refractivity contribution in [2.24, 2.45) is 0 Å². The molecule has 7 heteroatoms. The zero-order valence-corrected chi connectivity index (χ0v) is 8.36. The van der Waals surface area contributed by atoms with Crippen LogP contribution in [-0.2, 0) is 0 Å². The minimum Gasteiger partial charge on any atom is -0.477 e. The number of carbonyl (C=O) groups is 1. The van der Waals surface area contributed by atoms with E-state index >= 15 is 0 Å². The predicted octanol–water partition coefficient (Wildman–Crippen LogP) is 2.81. The highest BCUT2D eigenvalue weighted by molar-refractivity contribution is 9.10. The van der Waals surface area contributed by atoms with Crippen molar-refractivity contribution in [3.05, 3.63) is 14.7 Å². The van der Waals surface area contributed by atoms with Gasteiger partial charge in [0, 0.05) is 5.38 Å². The van der Waals surface area contributed by atoms with Gasteiger partial charge in [-0.3, -0.25) is 0 Å². The van der Waals surface area contributed by atoms with Crippen LogP contribution in [0.3, 0.4) is 0 Å². The molecule has 0 unspecified atom stereocenters. The van der Waals surface area contributed by atoms with Crippen LogP contribution in [0.4, 0.5) is 8.78 Å². The Morgan fingerprint density at radius 2 is 2.31 bits per heavy atom. The summed E-state index contributed by atoms with van der Waals surface area (Å²) in [6, 6.07) is 0. The van der Waals surface area contributed by atoms with Gasteiger partial charge in [-0.25, -0.2) is 4.79 Å².